The number of nitrogens with one attached hydrogen (secondary N) is 1. The monoisotopic (exact) mass is 437 g/mol. The molecule has 0 spiro atoms. The molecule has 2 N–H and O–H groups in total. The summed E-state index contributed by atoms with van der Waals surface area (Å²) in [5.74, 6) is -1.95. The van der Waals surface area contributed by atoms with Crippen LogP contribution in [0.15, 0.2) is 58.7 Å². The average Bonchev–Trinajstić information content (AvgIpc) is 3.16. The van der Waals surface area contributed by atoms with Gasteiger partial charge in [-0.05, 0) is 37.3 Å². The van der Waals surface area contributed by atoms with Crippen LogP contribution in [0.2, 0.25) is 0 Å². The lowest BCUT2D eigenvalue weighted by atomic mass is 10.1. The summed E-state index contributed by atoms with van der Waals surface area (Å²) in [5.41, 5.74) is 1.16. The normalized spacial score (nSPS) is 10.9. The van der Waals surface area contributed by atoms with Gasteiger partial charge in [0.05, 0.1) is 10.9 Å². The Morgan fingerprint density at radius 1 is 1.19 bits per heavy atom. The van der Waals surface area contributed by atoms with Crippen LogP contribution in [-0.4, -0.2) is 26.5 Å². The van der Waals surface area contributed by atoms with Gasteiger partial charge in [-0.1, -0.05) is 23.8 Å². The number of fused-ring (bicyclic) bond motifs is 1. The van der Waals surface area contributed by atoms with E-state index in [4.69, 9.17) is 0 Å². The van der Waals surface area contributed by atoms with E-state index in [1.807, 2.05) is 19.1 Å². The van der Waals surface area contributed by atoms with Gasteiger partial charge in [0.15, 0.2) is 0 Å². The van der Waals surface area contributed by atoms with E-state index in [1.165, 1.54) is 29.6 Å². The maximum absolute atomic E-state index is 13.3. The predicted molar refractivity (Wildman–Crippen MR) is 116 cm³/mol. The van der Waals surface area contributed by atoms with E-state index in [1.54, 1.807) is 12.1 Å². The Morgan fingerprint density at radius 2 is 1.94 bits per heavy atom. The minimum absolute atomic E-state index is 0.0384. The molecule has 0 saturated heterocycles. The van der Waals surface area contributed by atoms with Gasteiger partial charge >= 0.3 is 5.97 Å². The number of nitrogens with zero attached hydrogens (tertiary/aromatic N) is 2. The topological polar surface area (TPSA) is 101 Å². The summed E-state index contributed by atoms with van der Waals surface area (Å²) in [4.78, 5) is 42.3. The number of aromatic carboxylic acids is 1. The number of carbonyl (C=O) groups excluding carboxylic acids is 1. The van der Waals surface area contributed by atoms with Gasteiger partial charge in [0.25, 0.3) is 5.56 Å². The van der Waals surface area contributed by atoms with Crippen LogP contribution in [-0.2, 0) is 11.3 Å². The zero-order valence-electron chi connectivity index (χ0n) is 16.3. The molecule has 0 radical (unpaired) electrons. The number of benzene rings is 2. The Balaban J connectivity index is 1.83. The summed E-state index contributed by atoms with van der Waals surface area (Å²) in [5, 5.41) is 13.4. The minimum atomic E-state index is -1.24. The Labute approximate surface area is 179 Å². The Hall–Kier alpha value is -3.85. The number of halogens is 1. The van der Waals surface area contributed by atoms with Crippen molar-refractivity contribution in [2.45, 2.75) is 13.5 Å². The number of anilines is 1. The Bertz CT molecular complexity index is 1380. The molecule has 4 rings (SSSR count). The van der Waals surface area contributed by atoms with Crippen LogP contribution in [0.5, 0.6) is 0 Å². The first kappa shape index (κ1) is 20.4. The highest BCUT2D eigenvalue weighted by molar-refractivity contribution is 7.17. The number of carboxylic acid groups (broad SMARTS) is 1. The van der Waals surface area contributed by atoms with Gasteiger partial charge in [-0.2, -0.15) is 0 Å². The molecule has 0 unspecified atom stereocenters. The number of amides is 1. The van der Waals surface area contributed by atoms with Crippen LogP contribution in [0.1, 0.15) is 15.9 Å². The average molecular weight is 437 g/mol. The minimum Gasteiger partial charge on any atom is -0.478 e. The lowest BCUT2D eigenvalue weighted by Crippen LogP contribution is -2.30. The van der Waals surface area contributed by atoms with Gasteiger partial charge in [0, 0.05) is 16.6 Å². The van der Waals surface area contributed by atoms with Crippen molar-refractivity contribution in [1.29, 1.82) is 0 Å². The number of aryl methyl sites for hydroxylation is 1. The van der Waals surface area contributed by atoms with Crippen molar-refractivity contribution in [2.24, 2.45) is 0 Å². The van der Waals surface area contributed by atoms with Crippen LogP contribution >= 0.6 is 11.3 Å². The highest BCUT2D eigenvalue weighted by Crippen LogP contribution is 2.26. The second-order valence-electron chi connectivity index (χ2n) is 6.89. The van der Waals surface area contributed by atoms with Crippen LogP contribution in [0.25, 0.3) is 21.6 Å². The zero-order valence-corrected chi connectivity index (χ0v) is 17.1. The maximum Gasteiger partial charge on any atom is 0.337 e. The summed E-state index contributed by atoms with van der Waals surface area (Å²) in [7, 11) is 0. The van der Waals surface area contributed by atoms with Crippen LogP contribution < -0.4 is 10.9 Å². The van der Waals surface area contributed by atoms with E-state index < -0.39 is 29.8 Å². The van der Waals surface area contributed by atoms with Crippen molar-refractivity contribution in [3.63, 3.8) is 0 Å². The lowest BCUT2D eigenvalue weighted by Gasteiger charge is -2.13. The molecule has 31 heavy (non-hydrogen) atoms. The standard InChI is InChI=1S/C22H16FN3O4S/c1-12-3-2-4-13(9-12)19-25-20-18(16(11-31-20)22(29)30)21(28)26(19)10-17(27)24-15-7-5-14(23)6-8-15/h2-9,11H,10H2,1H3,(H,24,27)(H,29,30). The van der Waals surface area contributed by atoms with Gasteiger partial charge in [-0.15, -0.1) is 11.3 Å². The number of carbonyl (C=O) groups is 2. The first-order valence-corrected chi connectivity index (χ1v) is 10.1. The molecule has 2 aromatic heterocycles. The molecule has 156 valence electrons. The SMILES string of the molecule is Cc1cccc(-c2nc3scc(C(=O)O)c3c(=O)n2CC(=O)Nc2ccc(F)cc2)c1. The molecule has 2 heterocycles. The molecular weight excluding hydrogens is 421 g/mol. The van der Waals surface area contributed by atoms with E-state index >= 15 is 0 Å². The van der Waals surface area contributed by atoms with Crippen molar-refractivity contribution < 1.29 is 19.1 Å². The molecule has 7 nitrogen and oxygen atoms in total. The number of rotatable bonds is 5. The second-order valence-corrected chi connectivity index (χ2v) is 7.74. The molecule has 0 aliphatic carbocycles. The fourth-order valence-corrected chi connectivity index (χ4v) is 4.11. The molecule has 9 heteroatoms. The molecule has 1 amide bonds. The Morgan fingerprint density at radius 3 is 2.61 bits per heavy atom. The van der Waals surface area contributed by atoms with E-state index in [0.717, 1.165) is 21.5 Å². The smallest absolute Gasteiger partial charge is 0.337 e. The molecule has 0 aliphatic rings. The first-order chi connectivity index (χ1) is 14.8. The number of carboxylic acids is 1. The van der Waals surface area contributed by atoms with E-state index in [0.29, 0.717) is 11.3 Å². The third-order valence-electron chi connectivity index (χ3n) is 4.63. The second kappa shape index (κ2) is 8.11. The highest BCUT2D eigenvalue weighted by atomic mass is 32.1. The maximum atomic E-state index is 13.3. The molecule has 0 fully saturated rings. The van der Waals surface area contributed by atoms with Gasteiger partial charge < -0.3 is 10.4 Å². The summed E-state index contributed by atoms with van der Waals surface area (Å²) in [6.07, 6.45) is 0. The molecule has 2 aromatic carbocycles. The Kier molecular flexibility index (Phi) is 5.35. The van der Waals surface area contributed by atoms with Gasteiger partial charge in [0.1, 0.15) is 23.0 Å². The first-order valence-electron chi connectivity index (χ1n) is 9.21. The quantitative estimate of drug-likeness (QED) is 0.493. The summed E-state index contributed by atoms with van der Waals surface area (Å²) >= 11 is 1.06. The van der Waals surface area contributed by atoms with Crippen LogP contribution in [0.4, 0.5) is 10.1 Å². The summed E-state index contributed by atoms with van der Waals surface area (Å²) < 4.78 is 14.3. The van der Waals surface area contributed by atoms with Crippen LogP contribution in [0.3, 0.4) is 0 Å². The largest absolute Gasteiger partial charge is 0.478 e. The predicted octanol–water partition coefficient (Wildman–Crippen LogP) is 3.91. The third-order valence-corrected chi connectivity index (χ3v) is 5.50. The number of thiophene rings is 1. The summed E-state index contributed by atoms with van der Waals surface area (Å²) in [6.45, 7) is 1.50. The highest BCUT2D eigenvalue weighted by Gasteiger charge is 2.21. The van der Waals surface area contributed by atoms with Crippen molar-refractivity contribution in [3.8, 4) is 11.4 Å². The molecule has 4 aromatic rings. The van der Waals surface area contributed by atoms with Gasteiger partial charge in [-0.25, -0.2) is 14.2 Å². The fourth-order valence-electron chi connectivity index (χ4n) is 3.21. The number of aromatic nitrogens is 2. The van der Waals surface area contributed by atoms with Gasteiger partial charge in [0.2, 0.25) is 5.91 Å². The number of hydrogen-bond acceptors (Lipinski definition) is 5. The third kappa shape index (κ3) is 4.08. The molecular formula is C22H16FN3O4S. The van der Waals surface area contributed by atoms with Gasteiger partial charge in [-0.3, -0.25) is 14.2 Å². The van der Waals surface area contributed by atoms with E-state index in [-0.39, 0.29) is 21.6 Å². The van der Waals surface area contributed by atoms with Crippen molar-refractivity contribution in [1.82, 2.24) is 9.55 Å². The molecule has 0 aliphatic heterocycles. The molecule has 0 bridgehead atoms. The van der Waals surface area contributed by atoms with E-state index in [2.05, 4.69) is 10.3 Å². The van der Waals surface area contributed by atoms with Crippen molar-refractivity contribution >= 4 is 39.1 Å². The van der Waals surface area contributed by atoms with Crippen LogP contribution in [0, 0.1) is 12.7 Å². The van der Waals surface area contributed by atoms with E-state index in [9.17, 15) is 23.9 Å². The molecule has 0 saturated carbocycles. The lowest BCUT2D eigenvalue weighted by molar-refractivity contribution is -0.116. The number of hydrogen-bond donors (Lipinski definition) is 2. The molecule has 0 atom stereocenters. The summed E-state index contributed by atoms with van der Waals surface area (Å²) in [6, 6.07) is 12.5. The van der Waals surface area contributed by atoms with Crippen molar-refractivity contribution in [3.05, 3.63) is 81.2 Å². The van der Waals surface area contributed by atoms with Crippen molar-refractivity contribution in [2.75, 3.05) is 5.32 Å². The zero-order chi connectivity index (χ0) is 22.1. The fraction of sp³-hybridized carbons (Fsp3) is 0.0909.